The van der Waals surface area contributed by atoms with E-state index in [2.05, 4.69) is 55.8 Å². The highest BCUT2D eigenvalue weighted by Crippen LogP contribution is 2.15. The largest absolute Gasteiger partial charge is 0.352 e. The maximum absolute atomic E-state index is 4.40. The number of pyridine rings is 1. The van der Waals surface area contributed by atoms with Crippen molar-refractivity contribution in [2.75, 3.05) is 20.4 Å². The van der Waals surface area contributed by atoms with Gasteiger partial charge >= 0.3 is 0 Å². The van der Waals surface area contributed by atoms with Crippen LogP contribution in [0.3, 0.4) is 0 Å². The number of thioether (sulfide) groups is 1. The molecule has 2 heterocycles. The Morgan fingerprint density at radius 1 is 1.19 bits per heavy atom. The van der Waals surface area contributed by atoms with Crippen molar-refractivity contribution < 1.29 is 0 Å². The van der Waals surface area contributed by atoms with Gasteiger partial charge in [-0.1, -0.05) is 12.1 Å². The second kappa shape index (κ2) is 9.23. The van der Waals surface area contributed by atoms with Crippen LogP contribution in [0.15, 0.2) is 70.9 Å². The molecular formula is C20H24N6S. The number of aromatic nitrogens is 3. The molecule has 0 fully saturated rings. The quantitative estimate of drug-likeness (QED) is 0.404. The second-order valence-electron chi connectivity index (χ2n) is 6.08. The van der Waals surface area contributed by atoms with E-state index in [0.29, 0.717) is 6.54 Å². The van der Waals surface area contributed by atoms with Crippen LogP contribution in [0.2, 0.25) is 0 Å². The lowest BCUT2D eigenvalue weighted by atomic mass is 10.2. The summed E-state index contributed by atoms with van der Waals surface area (Å²) in [6.45, 7) is 1.46. The SMILES string of the molecule is CN=C(NCc1ccnc(-n2cccn2)c1)N(C)Cc1ccc(SC)cc1. The van der Waals surface area contributed by atoms with Crippen LogP contribution in [-0.2, 0) is 13.1 Å². The first kappa shape index (κ1) is 19.0. The third-order valence-electron chi connectivity index (χ3n) is 4.15. The molecule has 0 bridgehead atoms. The van der Waals surface area contributed by atoms with Crippen LogP contribution >= 0.6 is 11.8 Å². The minimum atomic E-state index is 0.666. The Kier molecular flexibility index (Phi) is 6.49. The fraction of sp³-hybridized carbons (Fsp3) is 0.250. The lowest BCUT2D eigenvalue weighted by Crippen LogP contribution is -2.38. The van der Waals surface area contributed by atoms with Gasteiger partial charge in [0, 0.05) is 50.7 Å². The predicted molar refractivity (Wildman–Crippen MR) is 111 cm³/mol. The minimum Gasteiger partial charge on any atom is -0.352 e. The number of rotatable bonds is 6. The zero-order valence-corrected chi connectivity index (χ0v) is 16.6. The number of hydrogen-bond donors (Lipinski definition) is 1. The van der Waals surface area contributed by atoms with Gasteiger partial charge in [0.05, 0.1) is 0 Å². The average Bonchev–Trinajstić information content (AvgIpc) is 3.24. The number of nitrogens with one attached hydrogen (secondary N) is 1. The van der Waals surface area contributed by atoms with Crippen molar-refractivity contribution in [3.05, 3.63) is 72.2 Å². The summed E-state index contributed by atoms with van der Waals surface area (Å²) >= 11 is 1.75. The molecule has 6 nitrogen and oxygen atoms in total. The molecule has 2 aromatic heterocycles. The summed E-state index contributed by atoms with van der Waals surface area (Å²) in [5.41, 5.74) is 2.37. The Labute approximate surface area is 164 Å². The smallest absolute Gasteiger partial charge is 0.193 e. The molecule has 0 aliphatic carbocycles. The summed E-state index contributed by atoms with van der Waals surface area (Å²) in [5.74, 6) is 1.65. The predicted octanol–water partition coefficient (Wildman–Crippen LogP) is 3.20. The van der Waals surface area contributed by atoms with Gasteiger partial charge in [-0.2, -0.15) is 5.10 Å². The van der Waals surface area contributed by atoms with Crippen molar-refractivity contribution in [2.24, 2.45) is 4.99 Å². The number of aliphatic imine (C=N–C) groups is 1. The van der Waals surface area contributed by atoms with Crippen molar-refractivity contribution in [2.45, 2.75) is 18.0 Å². The van der Waals surface area contributed by atoms with Gasteiger partial charge in [0.15, 0.2) is 11.8 Å². The third kappa shape index (κ3) is 5.10. The molecule has 0 amide bonds. The van der Waals surface area contributed by atoms with Gasteiger partial charge in [0.1, 0.15) is 0 Å². The molecule has 0 unspecified atom stereocenters. The van der Waals surface area contributed by atoms with E-state index in [1.165, 1.54) is 10.5 Å². The van der Waals surface area contributed by atoms with E-state index in [9.17, 15) is 0 Å². The van der Waals surface area contributed by atoms with Gasteiger partial charge in [-0.3, -0.25) is 4.99 Å². The zero-order chi connectivity index (χ0) is 19.1. The Morgan fingerprint density at radius 3 is 2.67 bits per heavy atom. The van der Waals surface area contributed by atoms with E-state index in [0.717, 1.165) is 23.9 Å². The summed E-state index contributed by atoms with van der Waals surface area (Å²) < 4.78 is 1.75. The van der Waals surface area contributed by atoms with Gasteiger partial charge in [0.25, 0.3) is 0 Å². The van der Waals surface area contributed by atoms with E-state index in [-0.39, 0.29) is 0 Å². The fourth-order valence-corrected chi connectivity index (χ4v) is 3.15. The first-order valence-electron chi connectivity index (χ1n) is 8.69. The second-order valence-corrected chi connectivity index (χ2v) is 6.96. The van der Waals surface area contributed by atoms with Gasteiger partial charge < -0.3 is 10.2 Å². The van der Waals surface area contributed by atoms with Gasteiger partial charge in [-0.15, -0.1) is 11.8 Å². The van der Waals surface area contributed by atoms with Crippen molar-refractivity contribution in [3.8, 4) is 5.82 Å². The molecule has 0 aliphatic heterocycles. The van der Waals surface area contributed by atoms with Crippen molar-refractivity contribution in [1.29, 1.82) is 0 Å². The topological polar surface area (TPSA) is 58.3 Å². The number of nitrogens with zero attached hydrogens (tertiary/aromatic N) is 5. The Morgan fingerprint density at radius 2 is 2.00 bits per heavy atom. The van der Waals surface area contributed by atoms with Crippen molar-refractivity contribution in [1.82, 2.24) is 25.0 Å². The summed E-state index contributed by atoms with van der Waals surface area (Å²) in [5, 5.41) is 7.64. The average molecular weight is 381 g/mol. The van der Waals surface area contributed by atoms with Gasteiger partial charge in [-0.25, -0.2) is 9.67 Å². The van der Waals surface area contributed by atoms with Gasteiger partial charge in [-0.05, 0) is 47.7 Å². The molecule has 140 valence electrons. The molecule has 0 atom stereocenters. The first-order valence-corrected chi connectivity index (χ1v) is 9.91. The molecule has 0 saturated heterocycles. The van der Waals surface area contributed by atoms with Gasteiger partial charge in [0.2, 0.25) is 0 Å². The van der Waals surface area contributed by atoms with E-state index in [1.807, 2.05) is 31.4 Å². The fourth-order valence-electron chi connectivity index (χ4n) is 2.75. The van der Waals surface area contributed by atoms with E-state index >= 15 is 0 Å². The normalized spacial score (nSPS) is 11.4. The lowest BCUT2D eigenvalue weighted by molar-refractivity contribution is 0.476. The molecule has 0 aliphatic rings. The van der Waals surface area contributed by atoms with Crippen LogP contribution < -0.4 is 5.32 Å². The maximum Gasteiger partial charge on any atom is 0.193 e. The van der Waals surface area contributed by atoms with Crippen LogP contribution in [0.1, 0.15) is 11.1 Å². The Bertz CT molecular complexity index is 874. The van der Waals surface area contributed by atoms with Crippen LogP contribution in [0.25, 0.3) is 5.82 Å². The van der Waals surface area contributed by atoms with E-state index in [4.69, 9.17) is 0 Å². The van der Waals surface area contributed by atoms with Crippen LogP contribution in [0.5, 0.6) is 0 Å². The zero-order valence-electron chi connectivity index (χ0n) is 15.8. The first-order chi connectivity index (χ1) is 13.2. The molecule has 3 rings (SSSR count). The Balaban J connectivity index is 1.60. The lowest BCUT2D eigenvalue weighted by Gasteiger charge is -2.22. The summed E-state index contributed by atoms with van der Waals surface area (Å²) in [6.07, 6.45) is 7.52. The molecule has 0 saturated carbocycles. The number of hydrogen-bond acceptors (Lipinski definition) is 4. The molecule has 1 N–H and O–H groups in total. The summed E-state index contributed by atoms with van der Waals surface area (Å²) in [7, 11) is 3.84. The number of guanidine groups is 1. The van der Waals surface area contributed by atoms with E-state index < -0.39 is 0 Å². The number of benzene rings is 1. The molecule has 1 aromatic carbocycles. The summed E-state index contributed by atoms with van der Waals surface area (Å²) in [6, 6.07) is 14.5. The van der Waals surface area contributed by atoms with Crippen molar-refractivity contribution in [3.63, 3.8) is 0 Å². The highest BCUT2D eigenvalue weighted by Gasteiger charge is 2.07. The van der Waals surface area contributed by atoms with E-state index in [1.54, 1.807) is 35.9 Å². The third-order valence-corrected chi connectivity index (χ3v) is 4.90. The van der Waals surface area contributed by atoms with Crippen LogP contribution in [0, 0.1) is 0 Å². The highest BCUT2D eigenvalue weighted by molar-refractivity contribution is 7.98. The molecule has 27 heavy (non-hydrogen) atoms. The van der Waals surface area contributed by atoms with Crippen LogP contribution in [0.4, 0.5) is 0 Å². The minimum absolute atomic E-state index is 0.666. The maximum atomic E-state index is 4.40. The molecule has 0 radical (unpaired) electrons. The molecular weight excluding hydrogens is 356 g/mol. The molecule has 0 spiro atoms. The van der Waals surface area contributed by atoms with Crippen molar-refractivity contribution >= 4 is 17.7 Å². The van der Waals surface area contributed by atoms with Crippen LogP contribution in [-0.4, -0.2) is 46.0 Å². The standard InChI is InChI=1S/C20H24N6S/c1-21-20(25(2)15-16-5-7-18(27-3)8-6-16)23-14-17-9-11-22-19(13-17)26-12-4-10-24-26/h4-13H,14-15H2,1-3H3,(H,21,23). The Hall–Kier alpha value is -2.80. The molecule has 3 aromatic rings. The monoisotopic (exact) mass is 380 g/mol. The highest BCUT2D eigenvalue weighted by atomic mass is 32.2. The summed E-state index contributed by atoms with van der Waals surface area (Å²) in [4.78, 5) is 12.2. The molecule has 7 heteroatoms.